The van der Waals surface area contributed by atoms with Gasteiger partial charge in [-0.05, 0) is 24.6 Å². The van der Waals surface area contributed by atoms with Crippen LogP contribution >= 0.6 is 0 Å². The molecule has 6 heteroatoms. The quantitative estimate of drug-likeness (QED) is 0.706. The lowest BCUT2D eigenvalue weighted by atomic mass is 10.2. The molecule has 1 rings (SSSR count). The summed E-state index contributed by atoms with van der Waals surface area (Å²) in [6.45, 7) is 2.18. The van der Waals surface area contributed by atoms with E-state index < -0.39 is 10.1 Å². The van der Waals surface area contributed by atoms with Crippen LogP contribution in [0.2, 0.25) is 0 Å². The number of methoxy groups -OCH3 is 1. The highest BCUT2D eigenvalue weighted by Crippen LogP contribution is 2.12. The molecule has 0 spiro atoms. The first-order chi connectivity index (χ1) is 8.40. The summed E-state index contributed by atoms with van der Waals surface area (Å²) >= 11 is 0. The molecule has 0 aliphatic heterocycles. The van der Waals surface area contributed by atoms with Gasteiger partial charge in [-0.15, -0.1) is 0 Å². The van der Waals surface area contributed by atoms with Crippen LogP contribution in [0, 0.1) is 0 Å². The van der Waals surface area contributed by atoms with E-state index in [0.29, 0.717) is 6.61 Å². The Morgan fingerprint density at radius 1 is 1.22 bits per heavy atom. The monoisotopic (exact) mass is 274 g/mol. The minimum Gasteiger partial charge on any atom is -0.497 e. The third-order valence-electron chi connectivity index (χ3n) is 2.21. The van der Waals surface area contributed by atoms with Crippen LogP contribution < -0.4 is 4.74 Å². The molecule has 0 heterocycles. The van der Waals surface area contributed by atoms with Gasteiger partial charge in [0.1, 0.15) is 5.75 Å². The Morgan fingerprint density at radius 2 is 1.83 bits per heavy atom. The second kappa shape index (κ2) is 6.72. The van der Waals surface area contributed by atoms with Crippen LogP contribution in [0.3, 0.4) is 0 Å². The molecule has 1 unspecified atom stereocenters. The van der Waals surface area contributed by atoms with E-state index in [1.165, 1.54) is 0 Å². The second-order valence-corrected chi connectivity index (χ2v) is 5.60. The fourth-order valence-corrected chi connectivity index (χ4v) is 1.67. The first-order valence-electron chi connectivity index (χ1n) is 5.49. The number of ether oxygens (including phenoxy) is 2. The molecule has 0 radical (unpaired) electrons. The molecule has 18 heavy (non-hydrogen) atoms. The summed E-state index contributed by atoms with van der Waals surface area (Å²) in [7, 11) is -1.80. The van der Waals surface area contributed by atoms with Crippen LogP contribution in [0.15, 0.2) is 24.3 Å². The first-order valence-corrected chi connectivity index (χ1v) is 7.31. The third kappa shape index (κ3) is 6.00. The van der Waals surface area contributed by atoms with Crippen molar-refractivity contribution in [2.75, 3.05) is 20.0 Å². The Kier molecular flexibility index (Phi) is 5.58. The SMILES string of the molecule is COc1ccc(COC(C)COS(C)(=O)=O)cc1. The zero-order valence-corrected chi connectivity index (χ0v) is 11.6. The summed E-state index contributed by atoms with van der Waals surface area (Å²) in [5, 5.41) is 0. The second-order valence-electron chi connectivity index (χ2n) is 3.96. The lowest BCUT2D eigenvalue weighted by molar-refractivity contribution is 0.0232. The molecular formula is C12H18O5S. The topological polar surface area (TPSA) is 61.8 Å². The zero-order valence-electron chi connectivity index (χ0n) is 10.8. The van der Waals surface area contributed by atoms with E-state index in [1.54, 1.807) is 14.0 Å². The molecule has 0 bridgehead atoms. The van der Waals surface area contributed by atoms with Gasteiger partial charge in [0.05, 0.1) is 32.7 Å². The minimum atomic E-state index is -3.41. The van der Waals surface area contributed by atoms with E-state index in [1.807, 2.05) is 24.3 Å². The molecule has 0 aliphatic rings. The van der Waals surface area contributed by atoms with Crippen molar-refractivity contribution in [3.05, 3.63) is 29.8 Å². The fourth-order valence-electron chi connectivity index (χ4n) is 1.23. The molecule has 1 aromatic rings. The predicted molar refractivity (Wildman–Crippen MR) is 68.0 cm³/mol. The van der Waals surface area contributed by atoms with E-state index in [2.05, 4.69) is 4.18 Å². The first kappa shape index (κ1) is 14.9. The largest absolute Gasteiger partial charge is 0.497 e. The average molecular weight is 274 g/mol. The third-order valence-corrected chi connectivity index (χ3v) is 2.77. The summed E-state index contributed by atoms with van der Waals surface area (Å²) < 4.78 is 36.7. The molecule has 0 saturated carbocycles. The van der Waals surface area contributed by atoms with Gasteiger partial charge in [-0.25, -0.2) is 0 Å². The summed E-state index contributed by atoms with van der Waals surface area (Å²) in [6.07, 6.45) is 0.727. The van der Waals surface area contributed by atoms with Crippen molar-refractivity contribution in [3.63, 3.8) is 0 Å². The number of hydrogen-bond donors (Lipinski definition) is 0. The van der Waals surface area contributed by atoms with Gasteiger partial charge in [0, 0.05) is 0 Å². The molecular weight excluding hydrogens is 256 g/mol. The highest BCUT2D eigenvalue weighted by molar-refractivity contribution is 7.85. The average Bonchev–Trinajstić information content (AvgIpc) is 2.33. The summed E-state index contributed by atoms with van der Waals surface area (Å²) in [5.74, 6) is 0.784. The van der Waals surface area contributed by atoms with Crippen LogP contribution in [0.4, 0.5) is 0 Å². The van der Waals surface area contributed by atoms with Crippen molar-refractivity contribution in [1.82, 2.24) is 0 Å². The van der Waals surface area contributed by atoms with Crippen LogP contribution in [-0.4, -0.2) is 34.5 Å². The lowest BCUT2D eigenvalue weighted by Gasteiger charge is -2.12. The van der Waals surface area contributed by atoms with E-state index in [9.17, 15) is 8.42 Å². The molecule has 1 atom stereocenters. The molecule has 1 aromatic carbocycles. The Morgan fingerprint density at radius 3 is 2.33 bits per heavy atom. The zero-order chi connectivity index (χ0) is 13.6. The fraction of sp³-hybridized carbons (Fsp3) is 0.500. The molecule has 0 aromatic heterocycles. The van der Waals surface area contributed by atoms with Gasteiger partial charge in [-0.2, -0.15) is 8.42 Å². The van der Waals surface area contributed by atoms with E-state index >= 15 is 0 Å². The van der Waals surface area contributed by atoms with Gasteiger partial charge in [0.25, 0.3) is 10.1 Å². The van der Waals surface area contributed by atoms with Crippen molar-refractivity contribution in [1.29, 1.82) is 0 Å². The Bertz CT molecular complexity index is 452. The van der Waals surface area contributed by atoms with Crippen molar-refractivity contribution >= 4 is 10.1 Å². The molecule has 0 N–H and O–H groups in total. The Balaban J connectivity index is 2.35. The Labute approximate surface area is 108 Å². The molecule has 0 aliphatic carbocycles. The van der Waals surface area contributed by atoms with Crippen LogP contribution in [0.25, 0.3) is 0 Å². The van der Waals surface area contributed by atoms with Gasteiger partial charge in [0.2, 0.25) is 0 Å². The number of hydrogen-bond acceptors (Lipinski definition) is 5. The normalized spacial score (nSPS) is 13.3. The maximum Gasteiger partial charge on any atom is 0.264 e. The minimum absolute atomic E-state index is 0.0228. The molecule has 0 saturated heterocycles. The lowest BCUT2D eigenvalue weighted by Crippen LogP contribution is -2.18. The molecule has 0 fully saturated rings. The van der Waals surface area contributed by atoms with Gasteiger partial charge in [-0.1, -0.05) is 12.1 Å². The molecule has 0 amide bonds. The van der Waals surface area contributed by atoms with Crippen LogP contribution in [0.5, 0.6) is 5.75 Å². The van der Waals surface area contributed by atoms with Crippen LogP contribution in [0.1, 0.15) is 12.5 Å². The van der Waals surface area contributed by atoms with Gasteiger partial charge < -0.3 is 9.47 Å². The van der Waals surface area contributed by atoms with E-state index in [4.69, 9.17) is 9.47 Å². The molecule has 5 nitrogen and oxygen atoms in total. The van der Waals surface area contributed by atoms with Crippen molar-refractivity contribution < 1.29 is 22.1 Å². The summed E-state index contributed by atoms with van der Waals surface area (Å²) in [6, 6.07) is 7.47. The van der Waals surface area contributed by atoms with Crippen molar-refractivity contribution in [2.45, 2.75) is 19.6 Å². The summed E-state index contributed by atoms with van der Waals surface area (Å²) in [5.41, 5.74) is 0.988. The summed E-state index contributed by atoms with van der Waals surface area (Å²) in [4.78, 5) is 0. The standard InChI is InChI=1S/C12H18O5S/c1-10(8-17-18(3,13)14)16-9-11-4-6-12(15-2)7-5-11/h4-7,10H,8-9H2,1-3H3. The Hall–Kier alpha value is -1.11. The smallest absolute Gasteiger partial charge is 0.264 e. The number of benzene rings is 1. The maximum atomic E-state index is 10.8. The predicted octanol–water partition coefficient (Wildman–Crippen LogP) is 1.58. The van der Waals surface area contributed by atoms with Gasteiger partial charge >= 0.3 is 0 Å². The van der Waals surface area contributed by atoms with Gasteiger partial charge in [0.15, 0.2) is 0 Å². The van der Waals surface area contributed by atoms with E-state index in [-0.39, 0.29) is 12.7 Å². The van der Waals surface area contributed by atoms with E-state index in [0.717, 1.165) is 17.6 Å². The van der Waals surface area contributed by atoms with Gasteiger partial charge in [-0.3, -0.25) is 4.18 Å². The maximum absolute atomic E-state index is 10.8. The van der Waals surface area contributed by atoms with Crippen LogP contribution in [-0.2, 0) is 25.6 Å². The highest BCUT2D eigenvalue weighted by atomic mass is 32.2. The molecule has 102 valence electrons. The number of rotatable bonds is 7. The highest BCUT2D eigenvalue weighted by Gasteiger charge is 2.08. The van der Waals surface area contributed by atoms with Crippen molar-refractivity contribution in [3.8, 4) is 5.75 Å². The van der Waals surface area contributed by atoms with Crippen molar-refractivity contribution in [2.24, 2.45) is 0 Å².